The van der Waals surface area contributed by atoms with E-state index in [1.165, 1.54) is 0 Å². The minimum Gasteiger partial charge on any atom is -0.348 e. The highest BCUT2D eigenvalue weighted by Gasteiger charge is 2.25. The van der Waals surface area contributed by atoms with Crippen molar-refractivity contribution >= 4 is 5.91 Å². The Labute approximate surface area is 113 Å². The third-order valence-electron chi connectivity index (χ3n) is 3.41. The van der Waals surface area contributed by atoms with Gasteiger partial charge in [-0.15, -0.1) is 0 Å². The van der Waals surface area contributed by atoms with Crippen LogP contribution in [0.3, 0.4) is 0 Å². The SMILES string of the molecule is C[C@H]1C=C[C@@H](NC(=O)Cc2ccccc2)[C@@H](C#N)C1. The molecule has 1 aromatic rings. The monoisotopic (exact) mass is 254 g/mol. The van der Waals surface area contributed by atoms with Gasteiger partial charge < -0.3 is 5.32 Å². The Balaban J connectivity index is 1.95. The van der Waals surface area contributed by atoms with Crippen LogP contribution in [0, 0.1) is 23.2 Å². The summed E-state index contributed by atoms with van der Waals surface area (Å²) >= 11 is 0. The smallest absolute Gasteiger partial charge is 0.224 e. The molecule has 2 rings (SSSR count). The van der Waals surface area contributed by atoms with E-state index in [1.807, 2.05) is 36.4 Å². The highest BCUT2D eigenvalue weighted by molar-refractivity contribution is 5.79. The molecule has 0 heterocycles. The Hall–Kier alpha value is -2.08. The molecule has 1 aliphatic rings. The molecule has 98 valence electrons. The highest BCUT2D eigenvalue weighted by atomic mass is 16.1. The van der Waals surface area contributed by atoms with Gasteiger partial charge in [0.05, 0.1) is 24.4 Å². The van der Waals surface area contributed by atoms with Gasteiger partial charge in [-0.3, -0.25) is 4.79 Å². The van der Waals surface area contributed by atoms with Gasteiger partial charge >= 0.3 is 0 Å². The van der Waals surface area contributed by atoms with Crippen molar-refractivity contribution in [2.75, 3.05) is 0 Å². The van der Waals surface area contributed by atoms with Crippen LogP contribution in [0.4, 0.5) is 0 Å². The van der Waals surface area contributed by atoms with Crippen LogP contribution < -0.4 is 5.32 Å². The average molecular weight is 254 g/mol. The summed E-state index contributed by atoms with van der Waals surface area (Å²) in [6, 6.07) is 11.8. The first-order chi connectivity index (χ1) is 9.19. The van der Waals surface area contributed by atoms with Gasteiger partial charge in [0, 0.05) is 0 Å². The summed E-state index contributed by atoms with van der Waals surface area (Å²) in [5.74, 6) is 0.252. The fourth-order valence-corrected chi connectivity index (χ4v) is 2.37. The fraction of sp³-hybridized carbons (Fsp3) is 0.375. The standard InChI is InChI=1S/C16H18N2O/c1-12-7-8-15(14(9-12)11-17)18-16(19)10-13-5-3-2-4-6-13/h2-8,12,14-15H,9-10H2,1H3,(H,18,19)/t12-,14+,15+/m0/s1. The van der Waals surface area contributed by atoms with Crippen molar-refractivity contribution in [3.05, 3.63) is 48.0 Å². The van der Waals surface area contributed by atoms with Crippen molar-refractivity contribution in [3.63, 3.8) is 0 Å². The molecule has 3 atom stereocenters. The van der Waals surface area contributed by atoms with Crippen LogP contribution in [0.2, 0.25) is 0 Å². The maximum atomic E-state index is 12.0. The minimum absolute atomic E-state index is 0.0318. The third kappa shape index (κ3) is 3.69. The number of hydrogen-bond donors (Lipinski definition) is 1. The van der Waals surface area contributed by atoms with Crippen LogP contribution in [-0.2, 0) is 11.2 Å². The van der Waals surface area contributed by atoms with Crippen molar-refractivity contribution < 1.29 is 4.79 Å². The second kappa shape index (κ2) is 6.19. The third-order valence-corrected chi connectivity index (χ3v) is 3.41. The first-order valence-corrected chi connectivity index (χ1v) is 6.60. The van der Waals surface area contributed by atoms with Gasteiger partial charge in [-0.1, -0.05) is 49.4 Å². The van der Waals surface area contributed by atoms with Gasteiger partial charge in [0.2, 0.25) is 5.91 Å². The Morgan fingerprint density at radius 2 is 2.11 bits per heavy atom. The van der Waals surface area contributed by atoms with E-state index in [2.05, 4.69) is 24.4 Å². The van der Waals surface area contributed by atoms with Crippen LogP contribution in [0.15, 0.2) is 42.5 Å². The maximum absolute atomic E-state index is 12.0. The van der Waals surface area contributed by atoms with Gasteiger partial charge in [0.1, 0.15) is 0 Å². The molecule has 1 aromatic carbocycles. The summed E-state index contributed by atoms with van der Waals surface area (Å²) in [6.07, 6.45) is 5.19. The zero-order chi connectivity index (χ0) is 13.7. The molecular weight excluding hydrogens is 236 g/mol. The number of benzene rings is 1. The summed E-state index contributed by atoms with van der Waals surface area (Å²) < 4.78 is 0. The molecular formula is C16H18N2O. The molecule has 3 heteroatoms. The molecule has 1 aliphatic carbocycles. The molecule has 0 unspecified atom stereocenters. The van der Waals surface area contributed by atoms with Crippen LogP contribution >= 0.6 is 0 Å². The first-order valence-electron chi connectivity index (χ1n) is 6.60. The summed E-state index contributed by atoms with van der Waals surface area (Å²) in [5, 5.41) is 12.1. The zero-order valence-electron chi connectivity index (χ0n) is 11.0. The number of allylic oxidation sites excluding steroid dienone is 1. The number of nitrogens with one attached hydrogen (secondary N) is 1. The Morgan fingerprint density at radius 3 is 2.79 bits per heavy atom. The molecule has 19 heavy (non-hydrogen) atoms. The molecule has 0 aromatic heterocycles. The summed E-state index contributed by atoms with van der Waals surface area (Å²) in [6.45, 7) is 2.09. The van der Waals surface area contributed by atoms with Crippen LogP contribution in [0.25, 0.3) is 0 Å². The lowest BCUT2D eigenvalue weighted by atomic mass is 9.85. The quantitative estimate of drug-likeness (QED) is 0.842. The van der Waals surface area contributed by atoms with Crippen molar-refractivity contribution in [2.45, 2.75) is 25.8 Å². The topological polar surface area (TPSA) is 52.9 Å². The number of nitrogens with zero attached hydrogens (tertiary/aromatic N) is 1. The maximum Gasteiger partial charge on any atom is 0.224 e. The summed E-state index contributed by atoms with van der Waals surface area (Å²) in [5.41, 5.74) is 0.988. The fourth-order valence-electron chi connectivity index (χ4n) is 2.37. The molecule has 1 amide bonds. The number of amides is 1. The van der Waals surface area contributed by atoms with E-state index in [0.29, 0.717) is 12.3 Å². The number of carbonyl (C=O) groups excluding carboxylic acids is 1. The van der Waals surface area contributed by atoms with E-state index in [4.69, 9.17) is 5.26 Å². The van der Waals surface area contributed by atoms with E-state index in [-0.39, 0.29) is 17.9 Å². The van der Waals surface area contributed by atoms with Crippen molar-refractivity contribution in [2.24, 2.45) is 11.8 Å². The minimum atomic E-state index is -0.155. The predicted molar refractivity (Wildman–Crippen MR) is 74.1 cm³/mol. The van der Waals surface area contributed by atoms with Gasteiger partial charge in [0.15, 0.2) is 0 Å². The van der Waals surface area contributed by atoms with Gasteiger partial charge in [0.25, 0.3) is 0 Å². The first kappa shape index (κ1) is 13.4. The van der Waals surface area contributed by atoms with Crippen LogP contribution in [0.1, 0.15) is 18.9 Å². The lowest BCUT2D eigenvalue weighted by molar-refractivity contribution is -0.121. The predicted octanol–water partition coefficient (Wildman–Crippen LogP) is 2.45. The largest absolute Gasteiger partial charge is 0.348 e. The second-order valence-electron chi connectivity index (χ2n) is 5.09. The molecule has 1 N–H and O–H groups in total. The lowest BCUT2D eigenvalue weighted by Crippen LogP contribution is -2.41. The zero-order valence-corrected chi connectivity index (χ0v) is 11.0. The summed E-state index contributed by atoms with van der Waals surface area (Å²) in [7, 11) is 0. The molecule has 0 fully saturated rings. The van der Waals surface area contributed by atoms with E-state index in [1.54, 1.807) is 0 Å². The van der Waals surface area contributed by atoms with Crippen LogP contribution in [-0.4, -0.2) is 11.9 Å². The van der Waals surface area contributed by atoms with E-state index >= 15 is 0 Å². The van der Waals surface area contributed by atoms with E-state index in [0.717, 1.165) is 12.0 Å². The molecule has 0 saturated carbocycles. The highest BCUT2D eigenvalue weighted by Crippen LogP contribution is 2.22. The lowest BCUT2D eigenvalue weighted by Gasteiger charge is -2.26. The van der Waals surface area contributed by atoms with Crippen molar-refractivity contribution in [1.29, 1.82) is 5.26 Å². The molecule has 0 radical (unpaired) electrons. The van der Waals surface area contributed by atoms with Crippen molar-refractivity contribution in [3.8, 4) is 6.07 Å². The van der Waals surface area contributed by atoms with Gasteiger partial charge in [-0.25, -0.2) is 0 Å². The number of hydrogen-bond acceptors (Lipinski definition) is 2. The van der Waals surface area contributed by atoms with E-state index in [9.17, 15) is 4.79 Å². The Morgan fingerprint density at radius 1 is 1.37 bits per heavy atom. The Kier molecular flexibility index (Phi) is 4.35. The van der Waals surface area contributed by atoms with E-state index < -0.39 is 0 Å². The van der Waals surface area contributed by atoms with Crippen LogP contribution in [0.5, 0.6) is 0 Å². The normalized spacial score (nSPS) is 25.6. The second-order valence-corrected chi connectivity index (χ2v) is 5.09. The molecule has 0 bridgehead atoms. The molecule has 3 nitrogen and oxygen atoms in total. The van der Waals surface area contributed by atoms with Crippen molar-refractivity contribution in [1.82, 2.24) is 5.32 Å². The number of nitriles is 1. The summed E-state index contributed by atoms with van der Waals surface area (Å²) in [4.78, 5) is 12.0. The molecule has 0 aliphatic heterocycles. The number of rotatable bonds is 3. The van der Waals surface area contributed by atoms with Gasteiger partial charge in [-0.2, -0.15) is 5.26 Å². The average Bonchev–Trinajstić information content (AvgIpc) is 2.42. The molecule has 0 spiro atoms. The molecule has 0 saturated heterocycles. The number of carbonyl (C=O) groups is 1. The van der Waals surface area contributed by atoms with Gasteiger partial charge in [-0.05, 0) is 17.9 Å². The Bertz CT molecular complexity index is 501.